The zero-order valence-corrected chi connectivity index (χ0v) is 23.0. The van der Waals surface area contributed by atoms with E-state index >= 15 is 0 Å². The molecule has 0 bridgehead atoms. The Morgan fingerprint density at radius 1 is 0.784 bits per heavy atom. The van der Waals surface area contributed by atoms with Gasteiger partial charge in [0.25, 0.3) is 0 Å². The highest BCUT2D eigenvalue weighted by molar-refractivity contribution is 5.91. The summed E-state index contributed by atoms with van der Waals surface area (Å²) in [6, 6.07) is 18.6. The summed E-state index contributed by atoms with van der Waals surface area (Å²) < 4.78 is 0. The van der Waals surface area contributed by atoms with Crippen molar-refractivity contribution in [3.63, 3.8) is 0 Å². The summed E-state index contributed by atoms with van der Waals surface area (Å²) in [5.74, 6) is 0.298. The zero-order chi connectivity index (χ0) is 26.5. The highest BCUT2D eigenvalue weighted by Crippen LogP contribution is 2.32. The molecule has 1 unspecified atom stereocenters. The Kier molecular flexibility index (Phi) is 8.91. The van der Waals surface area contributed by atoms with Gasteiger partial charge in [-0.3, -0.25) is 9.69 Å². The molecule has 2 saturated carbocycles. The molecule has 2 N–H and O–H groups in total. The van der Waals surface area contributed by atoms with Crippen LogP contribution in [0.2, 0.25) is 0 Å². The first-order valence-electron chi connectivity index (χ1n) is 14.0. The Bertz CT molecular complexity index is 1020. The number of nitrogens with two attached hydrogens (primary N) is 1. The Labute approximate surface area is 222 Å². The molecule has 2 aliphatic rings. The van der Waals surface area contributed by atoms with Crippen LogP contribution in [0.15, 0.2) is 54.6 Å². The quantitative estimate of drug-likeness (QED) is 0.510. The molecule has 0 aliphatic heterocycles. The molecule has 0 saturated heterocycles. The van der Waals surface area contributed by atoms with Gasteiger partial charge in [-0.15, -0.1) is 0 Å². The van der Waals surface area contributed by atoms with Crippen LogP contribution in [0.5, 0.6) is 0 Å². The number of carbonyl (C=O) groups excluding carboxylic acids is 2. The lowest BCUT2D eigenvalue weighted by molar-refractivity contribution is -0.138. The first-order chi connectivity index (χ1) is 17.8. The molecule has 0 spiro atoms. The van der Waals surface area contributed by atoms with Crippen LogP contribution in [-0.2, 0) is 4.79 Å². The fourth-order valence-corrected chi connectivity index (χ4v) is 6.27. The molecule has 0 aromatic heterocycles. The van der Waals surface area contributed by atoms with Crippen LogP contribution in [0.1, 0.15) is 65.2 Å². The molecule has 2 aromatic carbocycles. The second kappa shape index (κ2) is 12.1. The lowest BCUT2D eigenvalue weighted by atomic mass is 9.80. The first kappa shape index (κ1) is 27.2. The molecule has 200 valence electrons. The van der Waals surface area contributed by atoms with Gasteiger partial charge in [-0.05, 0) is 81.5 Å². The molecule has 0 radical (unpaired) electrons. The monoisotopic (exact) mass is 504 g/mol. The van der Waals surface area contributed by atoms with E-state index in [1.165, 1.54) is 12.8 Å². The molecule has 4 rings (SSSR count). The highest BCUT2D eigenvalue weighted by Gasteiger charge is 2.37. The van der Waals surface area contributed by atoms with Crippen LogP contribution in [0.4, 0.5) is 10.5 Å². The van der Waals surface area contributed by atoms with E-state index in [9.17, 15) is 9.59 Å². The van der Waals surface area contributed by atoms with Crippen LogP contribution >= 0.6 is 0 Å². The molecule has 1 atom stereocenters. The van der Waals surface area contributed by atoms with E-state index in [2.05, 4.69) is 43.0 Å². The summed E-state index contributed by atoms with van der Waals surface area (Å²) in [5.41, 5.74) is 9.74. The van der Waals surface area contributed by atoms with E-state index < -0.39 is 6.04 Å². The van der Waals surface area contributed by atoms with Gasteiger partial charge in [0, 0.05) is 37.9 Å². The van der Waals surface area contributed by atoms with E-state index in [0.717, 1.165) is 55.3 Å². The molecular weight excluding hydrogens is 460 g/mol. The third kappa shape index (κ3) is 6.18. The van der Waals surface area contributed by atoms with E-state index in [0.29, 0.717) is 6.04 Å². The van der Waals surface area contributed by atoms with Gasteiger partial charge < -0.3 is 15.5 Å². The number of hydrogen-bond donors (Lipinski definition) is 1. The average Bonchev–Trinajstić information content (AvgIpc) is 3.46. The number of rotatable bonds is 7. The van der Waals surface area contributed by atoms with Crippen molar-refractivity contribution in [1.82, 2.24) is 9.80 Å². The lowest BCUT2D eigenvalue weighted by Crippen LogP contribution is -2.54. The molecule has 3 amide bonds. The number of amides is 3. The number of benzene rings is 2. The summed E-state index contributed by atoms with van der Waals surface area (Å²) >= 11 is 0. The normalized spacial score (nSPS) is 21.0. The predicted molar refractivity (Wildman–Crippen MR) is 151 cm³/mol. The predicted octanol–water partition coefficient (Wildman–Crippen LogP) is 5.91. The third-order valence-electron chi connectivity index (χ3n) is 8.56. The van der Waals surface area contributed by atoms with Crippen LogP contribution in [0.25, 0.3) is 11.1 Å². The maximum absolute atomic E-state index is 13.4. The van der Waals surface area contributed by atoms with Gasteiger partial charge in [-0.1, -0.05) is 55.3 Å². The van der Waals surface area contributed by atoms with Crippen molar-refractivity contribution in [3.8, 4) is 11.1 Å². The van der Waals surface area contributed by atoms with Crippen molar-refractivity contribution in [2.45, 2.75) is 89.4 Å². The Morgan fingerprint density at radius 2 is 1.35 bits per heavy atom. The third-order valence-corrected chi connectivity index (χ3v) is 8.56. The second-order valence-corrected chi connectivity index (χ2v) is 11.2. The molecular formula is C31H44N4O2. The average molecular weight is 505 g/mol. The van der Waals surface area contributed by atoms with Crippen molar-refractivity contribution in [1.29, 1.82) is 0 Å². The van der Waals surface area contributed by atoms with Crippen LogP contribution in [0, 0.1) is 5.92 Å². The summed E-state index contributed by atoms with van der Waals surface area (Å²) in [7, 11) is 3.73. The van der Waals surface area contributed by atoms with Gasteiger partial charge in [-0.2, -0.15) is 0 Å². The van der Waals surface area contributed by atoms with Gasteiger partial charge in [0.2, 0.25) is 5.91 Å². The fourth-order valence-electron chi connectivity index (χ4n) is 6.27. The van der Waals surface area contributed by atoms with Gasteiger partial charge in [0.15, 0.2) is 0 Å². The molecule has 2 aliphatic carbocycles. The second-order valence-electron chi connectivity index (χ2n) is 11.2. The molecule has 6 nitrogen and oxygen atoms in total. The van der Waals surface area contributed by atoms with Gasteiger partial charge in [0.05, 0.1) is 6.04 Å². The van der Waals surface area contributed by atoms with Gasteiger partial charge in [-0.25, -0.2) is 4.79 Å². The summed E-state index contributed by atoms with van der Waals surface area (Å²) in [6.45, 7) is 4.21. The highest BCUT2D eigenvalue weighted by atomic mass is 16.2. The van der Waals surface area contributed by atoms with Crippen LogP contribution in [0.3, 0.4) is 0 Å². The maximum atomic E-state index is 13.4. The van der Waals surface area contributed by atoms with Crippen LogP contribution in [-0.4, -0.2) is 60.0 Å². The molecule has 2 fully saturated rings. The first-order valence-corrected chi connectivity index (χ1v) is 14.0. The van der Waals surface area contributed by atoms with Crippen molar-refractivity contribution < 1.29 is 9.59 Å². The number of anilines is 1. The number of nitrogens with zero attached hydrogens (tertiary/aromatic N) is 3. The lowest BCUT2D eigenvalue weighted by Gasteiger charge is -2.40. The number of carbonyl (C=O) groups is 2. The van der Waals surface area contributed by atoms with Crippen molar-refractivity contribution >= 4 is 17.6 Å². The fraction of sp³-hybridized carbons (Fsp3) is 0.548. The van der Waals surface area contributed by atoms with Crippen molar-refractivity contribution in [2.24, 2.45) is 11.7 Å². The Hall–Kier alpha value is -2.86. The molecule has 0 heterocycles. The zero-order valence-electron chi connectivity index (χ0n) is 23.0. The van der Waals surface area contributed by atoms with E-state index in [-0.39, 0.29) is 29.9 Å². The van der Waals surface area contributed by atoms with Crippen LogP contribution < -0.4 is 10.6 Å². The standard InChI is InChI=1S/C31H44N4O2/c1-22(2)35(28-12-8-9-13-28)30(36)29(32)25-16-20-27(21-17-25)34(4)31(37)33(3)26-18-14-24(15-19-26)23-10-6-5-7-11-23/h5-7,10-11,14-15,18-19,22,25,27-29H,8-9,12-13,16-17,20-21,32H2,1-4H3. The van der Waals surface area contributed by atoms with E-state index in [1.54, 1.807) is 4.90 Å². The van der Waals surface area contributed by atoms with Gasteiger partial charge >= 0.3 is 6.03 Å². The molecule has 2 aromatic rings. The van der Waals surface area contributed by atoms with E-state index in [1.807, 2.05) is 49.3 Å². The minimum atomic E-state index is -0.448. The van der Waals surface area contributed by atoms with Crippen molar-refractivity contribution in [2.75, 3.05) is 19.0 Å². The molecule has 37 heavy (non-hydrogen) atoms. The smallest absolute Gasteiger partial charge is 0.324 e. The maximum Gasteiger partial charge on any atom is 0.324 e. The Balaban J connectivity index is 1.32. The SMILES string of the molecule is CC(C)N(C(=O)C(N)C1CCC(N(C)C(=O)N(C)c2ccc(-c3ccccc3)cc2)CC1)C1CCCC1. The Morgan fingerprint density at radius 3 is 1.92 bits per heavy atom. The molecule has 6 heteroatoms. The summed E-state index contributed by atoms with van der Waals surface area (Å²) in [5, 5.41) is 0. The largest absolute Gasteiger partial charge is 0.336 e. The van der Waals surface area contributed by atoms with Crippen molar-refractivity contribution in [3.05, 3.63) is 54.6 Å². The number of urea groups is 1. The van der Waals surface area contributed by atoms with E-state index in [4.69, 9.17) is 5.73 Å². The topological polar surface area (TPSA) is 69.9 Å². The minimum absolute atomic E-state index is 0.0106. The minimum Gasteiger partial charge on any atom is -0.336 e. The van der Waals surface area contributed by atoms with Gasteiger partial charge in [0.1, 0.15) is 0 Å². The summed E-state index contributed by atoms with van der Waals surface area (Å²) in [6.07, 6.45) is 8.10. The number of hydrogen-bond acceptors (Lipinski definition) is 3. The summed E-state index contributed by atoms with van der Waals surface area (Å²) in [4.78, 5) is 32.3.